The van der Waals surface area contributed by atoms with E-state index in [4.69, 9.17) is 4.74 Å². The van der Waals surface area contributed by atoms with Crippen molar-refractivity contribution in [2.45, 2.75) is 55.8 Å². The third kappa shape index (κ3) is 5.38. The predicted molar refractivity (Wildman–Crippen MR) is 103 cm³/mol. The standard InChI is InChI=1S/C18H26N2O2S.ClH/c1-13-17(19-9-10-22-13)18(21)20-15-6-4-5-14(11-15)12-23-16-7-2-3-8-16;/h4-6,11,13,16-17,19H,2-3,7-10,12H2,1H3,(H,20,21);1H/t13-,17+;/m1./s1. The van der Waals surface area contributed by atoms with E-state index in [1.54, 1.807) is 0 Å². The van der Waals surface area contributed by atoms with Crippen molar-refractivity contribution in [2.24, 2.45) is 0 Å². The third-order valence-electron chi connectivity index (χ3n) is 4.58. The van der Waals surface area contributed by atoms with E-state index >= 15 is 0 Å². The lowest BCUT2D eigenvalue weighted by molar-refractivity contribution is -0.123. The Morgan fingerprint density at radius 3 is 2.92 bits per heavy atom. The summed E-state index contributed by atoms with van der Waals surface area (Å²) < 4.78 is 5.54. The summed E-state index contributed by atoms with van der Waals surface area (Å²) in [5, 5.41) is 7.06. The van der Waals surface area contributed by atoms with Crippen molar-refractivity contribution in [3.63, 3.8) is 0 Å². The Kier molecular flexibility index (Phi) is 7.88. The van der Waals surface area contributed by atoms with Gasteiger partial charge in [-0.1, -0.05) is 25.0 Å². The van der Waals surface area contributed by atoms with Crippen molar-refractivity contribution in [1.82, 2.24) is 5.32 Å². The highest BCUT2D eigenvalue weighted by atomic mass is 35.5. The van der Waals surface area contributed by atoms with E-state index in [-0.39, 0.29) is 30.5 Å². The summed E-state index contributed by atoms with van der Waals surface area (Å²) in [6.07, 6.45) is 5.37. The maximum atomic E-state index is 12.4. The van der Waals surface area contributed by atoms with Crippen LogP contribution in [-0.2, 0) is 15.3 Å². The molecule has 24 heavy (non-hydrogen) atoms. The maximum Gasteiger partial charge on any atom is 0.244 e. The molecular formula is C18H27ClN2O2S. The molecule has 1 aromatic rings. The van der Waals surface area contributed by atoms with Crippen molar-refractivity contribution in [1.29, 1.82) is 0 Å². The number of hydrogen-bond donors (Lipinski definition) is 2. The van der Waals surface area contributed by atoms with Crippen molar-refractivity contribution in [3.8, 4) is 0 Å². The molecule has 2 fully saturated rings. The van der Waals surface area contributed by atoms with Crippen molar-refractivity contribution >= 4 is 35.8 Å². The van der Waals surface area contributed by atoms with Crippen molar-refractivity contribution < 1.29 is 9.53 Å². The number of halogens is 1. The lowest BCUT2D eigenvalue weighted by Gasteiger charge is -2.29. The summed E-state index contributed by atoms with van der Waals surface area (Å²) in [5.41, 5.74) is 2.15. The summed E-state index contributed by atoms with van der Waals surface area (Å²) in [7, 11) is 0. The first kappa shape index (κ1) is 19.6. The van der Waals surface area contributed by atoms with Crippen LogP contribution in [0, 0.1) is 0 Å². The molecule has 0 spiro atoms. The fourth-order valence-electron chi connectivity index (χ4n) is 3.26. The van der Waals surface area contributed by atoms with Gasteiger partial charge in [0.25, 0.3) is 0 Å². The molecule has 0 aromatic heterocycles. The minimum atomic E-state index is -0.278. The maximum absolute atomic E-state index is 12.4. The van der Waals surface area contributed by atoms with Gasteiger partial charge in [-0.05, 0) is 37.5 Å². The minimum absolute atomic E-state index is 0. The van der Waals surface area contributed by atoms with Gasteiger partial charge in [0, 0.05) is 23.2 Å². The number of hydrogen-bond acceptors (Lipinski definition) is 4. The van der Waals surface area contributed by atoms with Crippen molar-refractivity contribution in [2.75, 3.05) is 18.5 Å². The largest absolute Gasteiger partial charge is 0.375 e. The number of carbonyl (C=O) groups is 1. The van der Waals surface area contributed by atoms with Gasteiger partial charge < -0.3 is 15.4 Å². The molecule has 0 radical (unpaired) electrons. The highest BCUT2D eigenvalue weighted by Gasteiger charge is 2.28. The molecule has 2 N–H and O–H groups in total. The predicted octanol–water partition coefficient (Wildman–Crippen LogP) is 3.60. The van der Waals surface area contributed by atoms with Crippen molar-refractivity contribution in [3.05, 3.63) is 29.8 Å². The second kappa shape index (κ2) is 9.66. The normalized spacial score (nSPS) is 24.4. The number of carbonyl (C=O) groups excluding carboxylic acids is 1. The van der Waals surface area contributed by atoms with E-state index in [2.05, 4.69) is 22.8 Å². The van der Waals surface area contributed by atoms with E-state index in [1.807, 2.05) is 30.8 Å². The Balaban J connectivity index is 0.00000208. The van der Waals surface area contributed by atoms with Crippen LogP contribution in [0.1, 0.15) is 38.2 Å². The Morgan fingerprint density at radius 2 is 2.17 bits per heavy atom. The molecule has 3 rings (SSSR count). The zero-order chi connectivity index (χ0) is 16.1. The molecule has 1 aromatic carbocycles. The Morgan fingerprint density at radius 1 is 1.38 bits per heavy atom. The van der Waals surface area contributed by atoms with Gasteiger partial charge in [-0.2, -0.15) is 11.8 Å². The van der Waals surface area contributed by atoms with Gasteiger partial charge in [-0.3, -0.25) is 4.79 Å². The number of anilines is 1. The third-order valence-corrected chi connectivity index (χ3v) is 6.02. The summed E-state index contributed by atoms with van der Waals surface area (Å²) in [6, 6.07) is 7.93. The quantitative estimate of drug-likeness (QED) is 0.831. The molecule has 134 valence electrons. The molecular weight excluding hydrogens is 344 g/mol. The van der Waals surface area contributed by atoms with Gasteiger partial charge in [0.2, 0.25) is 5.91 Å². The summed E-state index contributed by atoms with van der Waals surface area (Å²) in [6.45, 7) is 3.32. The van der Waals surface area contributed by atoms with Crippen LogP contribution in [0.4, 0.5) is 5.69 Å². The molecule has 0 unspecified atom stereocenters. The number of benzene rings is 1. The van der Waals surface area contributed by atoms with Crippen LogP contribution in [0.5, 0.6) is 0 Å². The molecule has 1 aliphatic heterocycles. The molecule has 4 nitrogen and oxygen atoms in total. The zero-order valence-corrected chi connectivity index (χ0v) is 15.8. The number of amides is 1. The average Bonchev–Trinajstić information content (AvgIpc) is 3.07. The zero-order valence-electron chi connectivity index (χ0n) is 14.1. The van der Waals surface area contributed by atoms with Crippen LogP contribution >= 0.6 is 24.2 Å². The average molecular weight is 371 g/mol. The summed E-state index contributed by atoms with van der Waals surface area (Å²) in [5.74, 6) is 1.01. The highest BCUT2D eigenvalue weighted by Crippen LogP contribution is 2.31. The molecule has 1 aliphatic carbocycles. The van der Waals surface area contributed by atoms with Gasteiger partial charge >= 0.3 is 0 Å². The van der Waals surface area contributed by atoms with Crippen LogP contribution in [0.15, 0.2) is 24.3 Å². The summed E-state index contributed by atoms with van der Waals surface area (Å²) >= 11 is 2.05. The second-order valence-electron chi connectivity index (χ2n) is 6.41. The fraction of sp³-hybridized carbons (Fsp3) is 0.611. The second-order valence-corrected chi connectivity index (χ2v) is 7.70. The van der Waals surface area contributed by atoms with Gasteiger partial charge in [0.15, 0.2) is 0 Å². The Bertz CT molecular complexity index is 538. The lowest BCUT2D eigenvalue weighted by Crippen LogP contribution is -2.53. The van der Waals surface area contributed by atoms with Crippen LogP contribution in [0.2, 0.25) is 0 Å². The lowest BCUT2D eigenvalue weighted by atomic mass is 10.1. The topological polar surface area (TPSA) is 50.4 Å². The van der Waals surface area contributed by atoms with E-state index in [0.29, 0.717) is 6.61 Å². The molecule has 2 aliphatic rings. The first-order valence-electron chi connectivity index (χ1n) is 8.59. The number of thioether (sulfide) groups is 1. The SMILES string of the molecule is C[C@H]1OCCN[C@@H]1C(=O)Nc1cccc(CSC2CCCC2)c1.Cl. The van der Waals surface area contributed by atoms with Crippen LogP contribution in [0.3, 0.4) is 0 Å². The Hall–Kier alpha value is -0.750. The number of ether oxygens (including phenoxy) is 1. The molecule has 1 saturated carbocycles. The van der Waals surface area contributed by atoms with Gasteiger partial charge in [0.05, 0.1) is 12.7 Å². The van der Waals surface area contributed by atoms with E-state index in [1.165, 1.54) is 31.2 Å². The number of rotatable bonds is 5. The molecule has 1 saturated heterocycles. The van der Waals surface area contributed by atoms with E-state index < -0.39 is 0 Å². The van der Waals surface area contributed by atoms with Crippen LogP contribution in [0.25, 0.3) is 0 Å². The number of morpholine rings is 1. The molecule has 1 heterocycles. The first-order valence-corrected chi connectivity index (χ1v) is 9.63. The van der Waals surface area contributed by atoms with E-state index in [0.717, 1.165) is 23.2 Å². The van der Waals surface area contributed by atoms with Gasteiger partial charge in [0.1, 0.15) is 6.04 Å². The Labute approximate surface area is 154 Å². The fourth-order valence-corrected chi connectivity index (χ4v) is 4.53. The first-order chi connectivity index (χ1) is 11.2. The smallest absolute Gasteiger partial charge is 0.244 e. The molecule has 2 atom stereocenters. The van der Waals surface area contributed by atoms with E-state index in [9.17, 15) is 4.79 Å². The van der Waals surface area contributed by atoms with Gasteiger partial charge in [-0.25, -0.2) is 0 Å². The van der Waals surface area contributed by atoms with Crippen LogP contribution in [-0.4, -0.2) is 36.5 Å². The molecule has 0 bridgehead atoms. The minimum Gasteiger partial charge on any atom is -0.375 e. The highest BCUT2D eigenvalue weighted by molar-refractivity contribution is 7.99. The molecule has 1 amide bonds. The molecule has 6 heteroatoms. The monoisotopic (exact) mass is 370 g/mol. The number of nitrogens with one attached hydrogen (secondary N) is 2. The van der Waals surface area contributed by atoms with Crippen LogP contribution < -0.4 is 10.6 Å². The summed E-state index contributed by atoms with van der Waals surface area (Å²) in [4.78, 5) is 12.4. The van der Waals surface area contributed by atoms with Gasteiger partial charge in [-0.15, -0.1) is 12.4 Å².